The lowest BCUT2D eigenvalue weighted by Crippen LogP contribution is -2.21. The number of aromatic nitrogens is 2. The molecule has 6 nitrogen and oxygen atoms in total. The highest BCUT2D eigenvalue weighted by atomic mass is 19.1. The first kappa shape index (κ1) is 19.3. The van der Waals surface area contributed by atoms with Crippen LogP contribution in [0.3, 0.4) is 0 Å². The maximum Gasteiger partial charge on any atom is 0.183 e. The lowest BCUT2D eigenvalue weighted by molar-refractivity contribution is 0.603. The van der Waals surface area contributed by atoms with Crippen LogP contribution in [-0.4, -0.2) is 34.5 Å². The van der Waals surface area contributed by atoms with Crippen LogP contribution in [0.5, 0.6) is 0 Å². The van der Waals surface area contributed by atoms with Gasteiger partial charge in [0.05, 0.1) is 24.2 Å². The molecule has 0 saturated carbocycles. The van der Waals surface area contributed by atoms with Crippen LogP contribution in [0.2, 0.25) is 0 Å². The number of anilines is 1. The smallest absolute Gasteiger partial charge is 0.183 e. The molecule has 0 atom stereocenters. The molecule has 0 unspecified atom stereocenters. The summed E-state index contributed by atoms with van der Waals surface area (Å²) in [6.07, 6.45) is 6.25. The number of nitrogens with zero attached hydrogens (tertiary/aromatic N) is 3. The van der Waals surface area contributed by atoms with Crippen LogP contribution in [-0.2, 0) is 6.54 Å². The molecule has 3 rings (SSSR count). The van der Waals surface area contributed by atoms with E-state index in [1.165, 1.54) is 12.1 Å². The molecule has 0 fully saturated rings. The molecular weight excluding hydrogens is 362 g/mol. The Bertz CT molecular complexity index is 965. The minimum atomic E-state index is -0.580. The molecule has 0 spiro atoms. The summed E-state index contributed by atoms with van der Waals surface area (Å²) in [5.41, 5.74) is 1.67. The molecule has 2 aromatic rings. The van der Waals surface area contributed by atoms with Crippen molar-refractivity contribution >= 4 is 17.2 Å². The van der Waals surface area contributed by atoms with Crippen molar-refractivity contribution in [1.29, 1.82) is 5.41 Å². The molecule has 144 valence electrons. The fourth-order valence-electron chi connectivity index (χ4n) is 2.59. The van der Waals surface area contributed by atoms with Crippen LogP contribution in [0.1, 0.15) is 18.3 Å². The fraction of sp³-hybridized carbons (Fsp3) is 0.200. The molecule has 1 aliphatic heterocycles. The largest absolute Gasteiger partial charge is 0.379 e. The van der Waals surface area contributed by atoms with Gasteiger partial charge in [0.25, 0.3) is 0 Å². The Balaban J connectivity index is 1.84. The first-order valence-electron chi connectivity index (χ1n) is 8.84. The molecule has 3 N–H and O–H groups in total. The van der Waals surface area contributed by atoms with Crippen molar-refractivity contribution in [3.63, 3.8) is 0 Å². The van der Waals surface area contributed by atoms with E-state index in [1.807, 2.05) is 19.1 Å². The number of rotatable bonds is 8. The zero-order valence-electron chi connectivity index (χ0n) is 15.3. The van der Waals surface area contributed by atoms with Crippen LogP contribution in [0.25, 0.3) is 0 Å². The van der Waals surface area contributed by atoms with Gasteiger partial charge in [0.1, 0.15) is 11.5 Å². The minimum absolute atomic E-state index is 0.0156. The van der Waals surface area contributed by atoms with Crippen molar-refractivity contribution in [2.45, 2.75) is 13.5 Å². The van der Waals surface area contributed by atoms with Crippen molar-refractivity contribution < 1.29 is 8.78 Å². The van der Waals surface area contributed by atoms with Crippen LogP contribution in [0, 0.1) is 17.0 Å². The summed E-state index contributed by atoms with van der Waals surface area (Å²) in [5.74, 6) is -0.774. The van der Waals surface area contributed by atoms with Crippen molar-refractivity contribution in [2.75, 3.05) is 18.4 Å². The second-order valence-corrected chi connectivity index (χ2v) is 5.97. The maximum absolute atomic E-state index is 13.9. The number of aliphatic imine (C=N–C) groups is 1. The molecule has 2 heterocycles. The van der Waals surface area contributed by atoms with Gasteiger partial charge < -0.3 is 10.6 Å². The van der Waals surface area contributed by atoms with Gasteiger partial charge in [-0.1, -0.05) is 24.3 Å². The highest BCUT2D eigenvalue weighted by molar-refractivity contribution is 6.15. The Labute approximate surface area is 161 Å². The second-order valence-electron chi connectivity index (χ2n) is 5.97. The normalized spacial score (nSPS) is 13.4. The van der Waals surface area contributed by atoms with Crippen molar-refractivity contribution in [2.24, 2.45) is 4.99 Å². The molecule has 8 heteroatoms. The highest BCUT2D eigenvalue weighted by Crippen LogP contribution is 2.12. The van der Waals surface area contributed by atoms with Crippen molar-refractivity contribution in [3.05, 3.63) is 77.4 Å². The van der Waals surface area contributed by atoms with Crippen molar-refractivity contribution in [1.82, 2.24) is 15.3 Å². The third-order valence-corrected chi connectivity index (χ3v) is 3.96. The lowest BCUT2D eigenvalue weighted by atomic mass is 10.1. The number of benzene rings is 1. The van der Waals surface area contributed by atoms with E-state index in [4.69, 9.17) is 5.41 Å². The summed E-state index contributed by atoms with van der Waals surface area (Å²) >= 11 is 0. The third-order valence-electron chi connectivity index (χ3n) is 3.96. The minimum Gasteiger partial charge on any atom is -0.379 e. The molecule has 1 aliphatic rings. The third kappa shape index (κ3) is 4.64. The zero-order valence-corrected chi connectivity index (χ0v) is 15.3. The maximum atomic E-state index is 13.9. The monoisotopic (exact) mass is 382 g/mol. The average Bonchev–Trinajstić information content (AvgIpc) is 3.22. The van der Waals surface area contributed by atoms with Gasteiger partial charge in [0, 0.05) is 18.7 Å². The summed E-state index contributed by atoms with van der Waals surface area (Å²) < 4.78 is 27.6. The summed E-state index contributed by atoms with van der Waals surface area (Å²) in [4.78, 5) is 12.3. The quantitative estimate of drug-likeness (QED) is 0.612. The van der Waals surface area contributed by atoms with E-state index in [2.05, 4.69) is 25.6 Å². The molecular formula is C20H20F2N6. The van der Waals surface area contributed by atoms with Crippen LogP contribution >= 0.6 is 0 Å². The molecule has 0 bridgehead atoms. The van der Waals surface area contributed by atoms with Gasteiger partial charge in [-0.3, -0.25) is 10.4 Å². The van der Waals surface area contributed by atoms with Crippen molar-refractivity contribution in [3.8, 4) is 0 Å². The first-order chi connectivity index (χ1) is 13.6. The van der Waals surface area contributed by atoms with E-state index in [1.54, 1.807) is 18.2 Å². The van der Waals surface area contributed by atoms with Gasteiger partial charge >= 0.3 is 0 Å². The van der Waals surface area contributed by atoms with E-state index in [-0.39, 0.29) is 29.7 Å². The highest BCUT2D eigenvalue weighted by Gasteiger charge is 2.13. The molecule has 0 radical (unpaired) electrons. The molecule has 0 aliphatic carbocycles. The van der Waals surface area contributed by atoms with Gasteiger partial charge in [-0.15, -0.1) is 0 Å². The number of halogens is 2. The van der Waals surface area contributed by atoms with E-state index in [0.29, 0.717) is 30.1 Å². The Kier molecular flexibility index (Phi) is 6.21. The molecule has 28 heavy (non-hydrogen) atoms. The Morgan fingerprint density at radius 1 is 1.25 bits per heavy atom. The van der Waals surface area contributed by atoms with E-state index in [9.17, 15) is 8.78 Å². The van der Waals surface area contributed by atoms with E-state index >= 15 is 0 Å². The van der Waals surface area contributed by atoms with Gasteiger partial charge in [-0.2, -0.15) is 0 Å². The molecule has 1 aromatic heterocycles. The van der Waals surface area contributed by atoms with Crippen LogP contribution < -0.4 is 10.6 Å². The summed E-state index contributed by atoms with van der Waals surface area (Å²) in [6, 6.07) is 6.46. The standard InChI is InChI=1S/C20H20F2N6/c1-2-24-19-15(22)12-27-20(28-19)16(23)10-18(17-8-5-9-25-17)26-11-13-6-3-4-7-14(13)21/h3-8,10,12,23,26H,2,9,11H2,1H3,(H,24,27,28)/b18-10-,23-16?. The number of allylic oxidation sites excluding steroid dienone is 2. The van der Waals surface area contributed by atoms with Gasteiger partial charge in [0.15, 0.2) is 17.5 Å². The number of nitrogens with one attached hydrogen (secondary N) is 3. The van der Waals surface area contributed by atoms with Gasteiger partial charge in [-0.25, -0.2) is 18.7 Å². The summed E-state index contributed by atoms with van der Waals surface area (Å²) in [6.45, 7) is 3.08. The number of hydrogen-bond donors (Lipinski definition) is 3. The lowest BCUT2D eigenvalue weighted by Gasteiger charge is -2.12. The average molecular weight is 382 g/mol. The fourth-order valence-corrected chi connectivity index (χ4v) is 2.59. The van der Waals surface area contributed by atoms with Crippen LogP contribution in [0.4, 0.5) is 14.6 Å². The summed E-state index contributed by atoms with van der Waals surface area (Å²) in [5, 5.41) is 14.2. The predicted molar refractivity (Wildman–Crippen MR) is 106 cm³/mol. The second kappa shape index (κ2) is 8.98. The zero-order chi connectivity index (χ0) is 19.9. The van der Waals surface area contributed by atoms with Gasteiger partial charge in [-0.05, 0) is 25.1 Å². The summed E-state index contributed by atoms with van der Waals surface area (Å²) in [7, 11) is 0. The van der Waals surface area contributed by atoms with E-state index < -0.39 is 5.82 Å². The Morgan fingerprint density at radius 3 is 2.79 bits per heavy atom. The molecule has 1 aromatic carbocycles. The van der Waals surface area contributed by atoms with Gasteiger partial charge in [0.2, 0.25) is 0 Å². The predicted octanol–water partition coefficient (Wildman–Crippen LogP) is 3.24. The first-order valence-corrected chi connectivity index (χ1v) is 8.84. The molecule has 0 saturated heterocycles. The SMILES string of the molecule is CCNc1nc(C(=N)/C=C(\NCc2ccccc2F)C2=NCC=C2)ncc1F. The van der Waals surface area contributed by atoms with Crippen LogP contribution in [0.15, 0.2) is 59.4 Å². The Hall–Kier alpha value is -3.42. The topological polar surface area (TPSA) is 86.0 Å². The molecule has 0 amide bonds. The Morgan fingerprint density at radius 2 is 2.07 bits per heavy atom. The van der Waals surface area contributed by atoms with E-state index in [0.717, 1.165) is 6.20 Å². The number of hydrogen-bond acceptors (Lipinski definition) is 6.